The first-order valence-electron chi connectivity index (χ1n) is 4.68. The molecule has 2 rings (SSSR count). The lowest BCUT2D eigenvalue weighted by Gasteiger charge is -2.02. The summed E-state index contributed by atoms with van der Waals surface area (Å²) in [5, 5.41) is 4.12. The Balaban J connectivity index is 2.49. The van der Waals surface area contributed by atoms with E-state index in [1.807, 2.05) is 44.8 Å². The van der Waals surface area contributed by atoms with Crippen molar-refractivity contribution in [1.82, 2.24) is 9.78 Å². The minimum absolute atomic E-state index is 0.583. The van der Waals surface area contributed by atoms with Gasteiger partial charge in [0.05, 0.1) is 6.20 Å². The lowest BCUT2D eigenvalue weighted by molar-refractivity contribution is 0.562. The van der Waals surface area contributed by atoms with Crippen LogP contribution in [0.3, 0.4) is 0 Å². The van der Waals surface area contributed by atoms with Crippen LogP contribution in [-0.2, 0) is 11.8 Å². The van der Waals surface area contributed by atoms with Gasteiger partial charge in [-0.05, 0) is 24.1 Å². The Morgan fingerprint density at radius 3 is 2.73 bits per heavy atom. The van der Waals surface area contributed by atoms with E-state index < -0.39 is 0 Å². The summed E-state index contributed by atoms with van der Waals surface area (Å²) < 4.78 is 1.76. The largest absolute Gasteiger partial charge is 0.285 e. The third kappa shape index (κ3) is 1.81. The van der Waals surface area contributed by atoms with Crippen LogP contribution in [0.2, 0.25) is 0 Å². The molecule has 3 nitrogen and oxygen atoms in total. The summed E-state index contributed by atoms with van der Waals surface area (Å²) >= 11 is 0. The molecule has 0 aliphatic carbocycles. The molecule has 1 radical (unpaired) electrons. The smallest absolute Gasteiger partial charge is 0.233 e. The highest BCUT2D eigenvalue weighted by Crippen LogP contribution is 2.22. The number of nitrogens with zero attached hydrogens (tertiary/aromatic N) is 2. The van der Waals surface area contributed by atoms with Crippen molar-refractivity contribution in [1.29, 1.82) is 0 Å². The molecule has 0 amide bonds. The van der Waals surface area contributed by atoms with Crippen LogP contribution >= 0.6 is 0 Å². The summed E-state index contributed by atoms with van der Waals surface area (Å²) in [5.41, 5.74) is 3.80. The van der Waals surface area contributed by atoms with Gasteiger partial charge >= 0.3 is 0 Å². The highest BCUT2D eigenvalue weighted by Gasteiger charge is 2.04. The van der Waals surface area contributed by atoms with Crippen molar-refractivity contribution in [2.24, 2.45) is 7.05 Å². The van der Waals surface area contributed by atoms with E-state index in [2.05, 4.69) is 5.10 Å². The highest BCUT2D eigenvalue weighted by atomic mass is 16.1. The summed E-state index contributed by atoms with van der Waals surface area (Å²) in [4.78, 5) is 10.5. The van der Waals surface area contributed by atoms with Gasteiger partial charge < -0.3 is 0 Å². The maximum atomic E-state index is 10.5. The second kappa shape index (κ2) is 3.69. The summed E-state index contributed by atoms with van der Waals surface area (Å²) in [7, 11) is 1.88. The zero-order valence-electron chi connectivity index (χ0n) is 8.69. The van der Waals surface area contributed by atoms with E-state index in [0.29, 0.717) is 5.56 Å². The van der Waals surface area contributed by atoms with Crippen LogP contribution in [0.1, 0.15) is 11.1 Å². The second-order valence-corrected chi connectivity index (χ2v) is 3.53. The highest BCUT2D eigenvalue weighted by molar-refractivity contribution is 5.78. The normalized spacial score (nSPS) is 10.3. The number of carbonyl (C=O) groups excluding carboxylic acids is 1. The maximum absolute atomic E-state index is 10.5. The van der Waals surface area contributed by atoms with Crippen LogP contribution in [-0.4, -0.2) is 16.1 Å². The Morgan fingerprint density at radius 1 is 1.40 bits per heavy atom. The van der Waals surface area contributed by atoms with Gasteiger partial charge in [-0.15, -0.1) is 0 Å². The first-order valence-corrected chi connectivity index (χ1v) is 4.68. The maximum Gasteiger partial charge on any atom is 0.233 e. The number of rotatable bonds is 2. The van der Waals surface area contributed by atoms with E-state index in [-0.39, 0.29) is 0 Å². The number of aromatic nitrogens is 2. The van der Waals surface area contributed by atoms with Crippen LogP contribution in [0.4, 0.5) is 0 Å². The van der Waals surface area contributed by atoms with Gasteiger partial charge in [0, 0.05) is 24.4 Å². The van der Waals surface area contributed by atoms with E-state index in [4.69, 9.17) is 0 Å². The van der Waals surface area contributed by atoms with Crippen LogP contribution < -0.4 is 0 Å². The number of aryl methyl sites for hydroxylation is 2. The van der Waals surface area contributed by atoms with Gasteiger partial charge in [-0.3, -0.25) is 9.48 Å². The molecule has 2 aromatic rings. The van der Waals surface area contributed by atoms with Crippen molar-refractivity contribution in [3.8, 4) is 11.1 Å². The standard InChI is InChI=1S/C12H11N2O/c1-9-5-10(8-15)3-4-12(9)11-6-13-14(2)7-11/h3-7H,1-2H3. The van der Waals surface area contributed by atoms with Gasteiger partial charge in [-0.2, -0.15) is 5.10 Å². The lowest BCUT2D eigenvalue weighted by atomic mass is 10.0. The number of hydrogen-bond donors (Lipinski definition) is 0. The molecule has 1 aromatic carbocycles. The topological polar surface area (TPSA) is 34.9 Å². The molecule has 3 heteroatoms. The number of benzene rings is 1. The fraction of sp³-hybridized carbons (Fsp3) is 0.167. The lowest BCUT2D eigenvalue weighted by Crippen LogP contribution is -1.86. The molecular formula is C12H11N2O. The van der Waals surface area contributed by atoms with E-state index >= 15 is 0 Å². The fourth-order valence-corrected chi connectivity index (χ4v) is 1.61. The summed E-state index contributed by atoms with van der Waals surface area (Å²) in [5.74, 6) is 0. The molecular weight excluding hydrogens is 188 g/mol. The Morgan fingerprint density at radius 2 is 2.20 bits per heavy atom. The van der Waals surface area contributed by atoms with Gasteiger partial charge in [0.25, 0.3) is 0 Å². The fourth-order valence-electron chi connectivity index (χ4n) is 1.61. The van der Waals surface area contributed by atoms with Crippen LogP contribution in [0.15, 0.2) is 30.6 Å². The first-order chi connectivity index (χ1) is 7.20. The minimum atomic E-state index is 0.583. The molecule has 0 saturated heterocycles. The van der Waals surface area contributed by atoms with Gasteiger partial charge in [-0.25, -0.2) is 0 Å². The minimum Gasteiger partial charge on any atom is -0.285 e. The Labute approximate surface area is 88.4 Å². The summed E-state index contributed by atoms with van der Waals surface area (Å²) in [6.07, 6.45) is 5.64. The second-order valence-electron chi connectivity index (χ2n) is 3.53. The van der Waals surface area contributed by atoms with Crippen LogP contribution in [0, 0.1) is 6.92 Å². The third-order valence-electron chi connectivity index (χ3n) is 2.36. The van der Waals surface area contributed by atoms with Crippen molar-refractivity contribution >= 4 is 6.29 Å². The zero-order valence-corrected chi connectivity index (χ0v) is 8.69. The molecule has 0 saturated carbocycles. The van der Waals surface area contributed by atoms with E-state index in [1.54, 1.807) is 10.7 Å². The quantitative estimate of drug-likeness (QED) is 0.739. The van der Waals surface area contributed by atoms with Gasteiger partial charge in [0.15, 0.2) is 0 Å². The molecule has 0 N–H and O–H groups in total. The third-order valence-corrected chi connectivity index (χ3v) is 2.36. The predicted molar refractivity (Wildman–Crippen MR) is 58.2 cm³/mol. The monoisotopic (exact) mass is 199 g/mol. The molecule has 1 heterocycles. The molecule has 0 fully saturated rings. The summed E-state index contributed by atoms with van der Waals surface area (Å²) in [6, 6.07) is 5.52. The molecule has 75 valence electrons. The van der Waals surface area contributed by atoms with Crippen LogP contribution in [0.5, 0.6) is 0 Å². The van der Waals surface area contributed by atoms with Gasteiger partial charge in [0.1, 0.15) is 0 Å². The van der Waals surface area contributed by atoms with Crippen LogP contribution in [0.25, 0.3) is 11.1 Å². The Kier molecular flexibility index (Phi) is 2.37. The van der Waals surface area contributed by atoms with Crippen molar-refractivity contribution < 1.29 is 4.79 Å². The SMILES string of the molecule is Cc1cc([C]=O)ccc1-c1cnn(C)c1. The average molecular weight is 199 g/mol. The summed E-state index contributed by atoms with van der Waals surface area (Å²) in [6.45, 7) is 1.98. The zero-order chi connectivity index (χ0) is 10.8. The van der Waals surface area contributed by atoms with E-state index in [1.165, 1.54) is 0 Å². The van der Waals surface area contributed by atoms with Crippen molar-refractivity contribution in [3.63, 3.8) is 0 Å². The van der Waals surface area contributed by atoms with Gasteiger partial charge in [0.2, 0.25) is 6.29 Å². The van der Waals surface area contributed by atoms with E-state index in [9.17, 15) is 4.79 Å². The van der Waals surface area contributed by atoms with E-state index in [0.717, 1.165) is 16.7 Å². The molecule has 0 bridgehead atoms. The number of hydrogen-bond acceptors (Lipinski definition) is 2. The Bertz CT molecular complexity index is 500. The molecule has 0 aliphatic heterocycles. The van der Waals surface area contributed by atoms with Crippen molar-refractivity contribution in [2.75, 3.05) is 0 Å². The predicted octanol–water partition coefficient (Wildman–Crippen LogP) is 1.85. The van der Waals surface area contributed by atoms with Gasteiger partial charge in [-0.1, -0.05) is 12.1 Å². The van der Waals surface area contributed by atoms with Crippen molar-refractivity contribution in [3.05, 3.63) is 41.7 Å². The molecule has 0 spiro atoms. The average Bonchev–Trinajstić information content (AvgIpc) is 2.64. The molecule has 1 aromatic heterocycles. The molecule has 0 unspecified atom stereocenters. The van der Waals surface area contributed by atoms with Crippen molar-refractivity contribution in [2.45, 2.75) is 6.92 Å². The first kappa shape index (κ1) is 9.65. The molecule has 0 aliphatic rings. The Hall–Kier alpha value is -1.90. The molecule has 15 heavy (non-hydrogen) atoms. The molecule has 0 atom stereocenters.